The van der Waals surface area contributed by atoms with Gasteiger partial charge in [-0.25, -0.2) is 0 Å². The van der Waals surface area contributed by atoms with Crippen molar-refractivity contribution in [2.45, 2.75) is 25.9 Å². The highest BCUT2D eigenvalue weighted by molar-refractivity contribution is 5.59. The average molecular weight is 270 g/mol. The second-order valence-corrected chi connectivity index (χ2v) is 5.40. The summed E-state index contributed by atoms with van der Waals surface area (Å²) in [5, 5.41) is 7.57. The van der Waals surface area contributed by atoms with Crippen molar-refractivity contribution in [3.05, 3.63) is 47.8 Å². The Morgan fingerprint density at radius 3 is 3.00 bits per heavy atom. The standard InChI is InChI=1S/C16H22N4/c1-13(17-2)14-4-5-16-15(12-14)6-9-19(16)10-11-20-8-3-7-18-20/h3-5,7-8,12-13,17H,6,9-11H2,1-2H3. The monoisotopic (exact) mass is 270 g/mol. The summed E-state index contributed by atoms with van der Waals surface area (Å²) in [7, 11) is 2.01. The Bertz CT molecular complexity index is 562. The van der Waals surface area contributed by atoms with Gasteiger partial charge in [0.15, 0.2) is 0 Å². The van der Waals surface area contributed by atoms with Crippen molar-refractivity contribution in [1.29, 1.82) is 0 Å². The third-order valence-corrected chi connectivity index (χ3v) is 4.19. The smallest absolute Gasteiger partial charge is 0.0584 e. The quantitative estimate of drug-likeness (QED) is 0.904. The van der Waals surface area contributed by atoms with Gasteiger partial charge in [0.1, 0.15) is 0 Å². The molecule has 3 rings (SSSR count). The van der Waals surface area contributed by atoms with Crippen molar-refractivity contribution in [2.24, 2.45) is 0 Å². The summed E-state index contributed by atoms with van der Waals surface area (Å²) in [6, 6.07) is 9.26. The maximum atomic E-state index is 4.26. The van der Waals surface area contributed by atoms with Crippen LogP contribution in [0.1, 0.15) is 24.1 Å². The molecule has 1 atom stereocenters. The maximum Gasteiger partial charge on any atom is 0.0584 e. The Morgan fingerprint density at radius 1 is 1.35 bits per heavy atom. The largest absolute Gasteiger partial charge is 0.369 e. The van der Waals surface area contributed by atoms with Gasteiger partial charge in [-0.05, 0) is 43.7 Å². The zero-order valence-corrected chi connectivity index (χ0v) is 12.2. The van der Waals surface area contributed by atoms with E-state index < -0.39 is 0 Å². The summed E-state index contributed by atoms with van der Waals surface area (Å²) >= 11 is 0. The van der Waals surface area contributed by atoms with Crippen LogP contribution in [0.2, 0.25) is 0 Å². The first-order valence-corrected chi connectivity index (χ1v) is 7.30. The normalized spacial score (nSPS) is 15.4. The van der Waals surface area contributed by atoms with Crippen LogP contribution in [0.15, 0.2) is 36.7 Å². The molecule has 0 spiro atoms. The molecule has 0 amide bonds. The van der Waals surface area contributed by atoms with E-state index in [0.29, 0.717) is 6.04 Å². The Labute approximate surface area is 120 Å². The van der Waals surface area contributed by atoms with E-state index in [1.807, 2.05) is 30.2 Å². The van der Waals surface area contributed by atoms with Gasteiger partial charge >= 0.3 is 0 Å². The molecule has 106 valence electrons. The number of fused-ring (bicyclic) bond motifs is 1. The van der Waals surface area contributed by atoms with E-state index in [2.05, 4.69) is 40.4 Å². The fourth-order valence-electron chi connectivity index (χ4n) is 2.81. The Kier molecular flexibility index (Phi) is 3.74. The fraction of sp³-hybridized carbons (Fsp3) is 0.438. The Hall–Kier alpha value is -1.81. The molecule has 0 fully saturated rings. The summed E-state index contributed by atoms with van der Waals surface area (Å²) in [6.45, 7) is 5.29. The molecule has 0 saturated heterocycles. The number of hydrogen-bond acceptors (Lipinski definition) is 3. The van der Waals surface area contributed by atoms with Gasteiger partial charge in [0.2, 0.25) is 0 Å². The first kappa shape index (κ1) is 13.2. The molecule has 1 aromatic heterocycles. The van der Waals surface area contributed by atoms with Gasteiger partial charge in [-0.2, -0.15) is 5.10 Å². The number of hydrogen-bond donors (Lipinski definition) is 1. The second kappa shape index (κ2) is 5.67. The molecule has 20 heavy (non-hydrogen) atoms. The zero-order valence-electron chi connectivity index (χ0n) is 12.2. The fourth-order valence-corrected chi connectivity index (χ4v) is 2.81. The van der Waals surface area contributed by atoms with E-state index in [-0.39, 0.29) is 0 Å². The first-order chi connectivity index (χ1) is 9.78. The number of rotatable bonds is 5. The van der Waals surface area contributed by atoms with Crippen molar-refractivity contribution in [2.75, 3.05) is 25.0 Å². The van der Waals surface area contributed by atoms with E-state index in [1.54, 1.807) is 0 Å². The van der Waals surface area contributed by atoms with Gasteiger partial charge in [-0.15, -0.1) is 0 Å². The average Bonchev–Trinajstić information content (AvgIpc) is 3.13. The van der Waals surface area contributed by atoms with E-state index >= 15 is 0 Å². The van der Waals surface area contributed by atoms with Gasteiger partial charge < -0.3 is 10.2 Å². The molecule has 4 heteroatoms. The summed E-state index contributed by atoms with van der Waals surface area (Å²) in [5.74, 6) is 0. The molecule has 1 aromatic carbocycles. The molecule has 0 aliphatic carbocycles. The van der Waals surface area contributed by atoms with Crippen molar-refractivity contribution < 1.29 is 0 Å². The second-order valence-electron chi connectivity index (χ2n) is 5.40. The molecule has 0 radical (unpaired) electrons. The van der Waals surface area contributed by atoms with Gasteiger partial charge in [0, 0.05) is 37.2 Å². The van der Waals surface area contributed by atoms with E-state index in [1.165, 1.54) is 16.8 Å². The van der Waals surface area contributed by atoms with Gasteiger partial charge in [0.25, 0.3) is 0 Å². The lowest BCUT2D eigenvalue weighted by molar-refractivity contribution is 0.602. The van der Waals surface area contributed by atoms with Gasteiger partial charge in [0.05, 0.1) is 6.54 Å². The number of benzene rings is 1. The highest BCUT2D eigenvalue weighted by Crippen LogP contribution is 2.30. The molecule has 1 aliphatic heterocycles. The molecule has 4 nitrogen and oxygen atoms in total. The highest BCUT2D eigenvalue weighted by Gasteiger charge is 2.19. The molecule has 1 N–H and O–H groups in total. The minimum Gasteiger partial charge on any atom is -0.369 e. The van der Waals surface area contributed by atoms with Crippen molar-refractivity contribution in [1.82, 2.24) is 15.1 Å². The van der Waals surface area contributed by atoms with E-state index in [9.17, 15) is 0 Å². The molecule has 0 bridgehead atoms. The van der Waals surface area contributed by atoms with Crippen LogP contribution < -0.4 is 10.2 Å². The summed E-state index contributed by atoms with van der Waals surface area (Å²) in [6.07, 6.45) is 5.01. The van der Waals surface area contributed by atoms with Crippen molar-refractivity contribution in [3.8, 4) is 0 Å². The van der Waals surface area contributed by atoms with E-state index in [4.69, 9.17) is 0 Å². The molecule has 2 aromatic rings. The molecule has 1 unspecified atom stereocenters. The van der Waals surface area contributed by atoms with Gasteiger partial charge in [-0.1, -0.05) is 12.1 Å². The van der Waals surface area contributed by atoms with Crippen LogP contribution in [0.5, 0.6) is 0 Å². The van der Waals surface area contributed by atoms with Crippen LogP contribution in [0.4, 0.5) is 5.69 Å². The minimum absolute atomic E-state index is 0.415. The highest BCUT2D eigenvalue weighted by atomic mass is 15.3. The molecule has 0 saturated carbocycles. The summed E-state index contributed by atoms with van der Waals surface area (Å²) < 4.78 is 2.00. The van der Waals surface area contributed by atoms with Crippen molar-refractivity contribution >= 4 is 5.69 Å². The first-order valence-electron chi connectivity index (χ1n) is 7.30. The molecule has 1 aliphatic rings. The van der Waals surface area contributed by atoms with Crippen LogP contribution in [0.3, 0.4) is 0 Å². The van der Waals surface area contributed by atoms with E-state index in [0.717, 1.165) is 26.1 Å². The Balaban J connectivity index is 1.70. The molecular formula is C16H22N4. The lowest BCUT2D eigenvalue weighted by Crippen LogP contribution is -2.25. The molecule has 2 heterocycles. The third kappa shape index (κ3) is 2.56. The topological polar surface area (TPSA) is 33.1 Å². The van der Waals surface area contributed by atoms with Crippen LogP contribution in [-0.4, -0.2) is 29.9 Å². The van der Waals surface area contributed by atoms with Crippen LogP contribution in [0.25, 0.3) is 0 Å². The lowest BCUT2D eigenvalue weighted by Gasteiger charge is -2.20. The summed E-state index contributed by atoms with van der Waals surface area (Å²) in [4.78, 5) is 2.46. The van der Waals surface area contributed by atoms with Gasteiger partial charge in [-0.3, -0.25) is 4.68 Å². The number of nitrogens with zero attached hydrogens (tertiary/aromatic N) is 3. The number of anilines is 1. The predicted molar refractivity (Wildman–Crippen MR) is 82.1 cm³/mol. The number of nitrogens with one attached hydrogen (secondary N) is 1. The zero-order chi connectivity index (χ0) is 13.9. The minimum atomic E-state index is 0.415. The maximum absolute atomic E-state index is 4.26. The third-order valence-electron chi connectivity index (χ3n) is 4.19. The predicted octanol–water partition coefficient (Wildman–Crippen LogP) is 2.23. The van der Waals surface area contributed by atoms with Crippen molar-refractivity contribution in [3.63, 3.8) is 0 Å². The SMILES string of the molecule is CNC(C)c1ccc2c(c1)CCN2CCn1cccn1. The Morgan fingerprint density at radius 2 is 2.25 bits per heavy atom. The summed E-state index contributed by atoms with van der Waals surface area (Å²) in [5.41, 5.74) is 4.24. The van der Waals surface area contributed by atoms with Crippen LogP contribution in [-0.2, 0) is 13.0 Å². The number of aromatic nitrogens is 2. The van der Waals surface area contributed by atoms with Crippen LogP contribution >= 0.6 is 0 Å². The lowest BCUT2D eigenvalue weighted by atomic mass is 10.0. The van der Waals surface area contributed by atoms with Crippen LogP contribution in [0, 0.1) is 0 Å². The molecular weight excluding hydrogens is 248 g/mol.